The van der Waals surface area contributed by atoms with Crippen molar-refractivity contribution in [3.05, 3.63) is 228 Å². The Morgan fingerprint density at radius 1 is 0.468 bits per heavy atom. The maximum absolute atomic E-state index is 11.1. The van der Waals surface area contributed by atoms with Crippen molar-refractivity contribution in [3.8, 4) is 23.3 Å². The monoisotopic (exact) mass is 808 g/mol. The summed E-state index contributed by atoms with van der Waals surface area (Å²) >= 11 is 0. The van der Waals surface area contributed by atoms with Crippen molar-refractivity contribution in [2.45, 2.75) is 12.8 Å². The Hall–Kier alpha value is -8.72. The first-order valence-corrected chi connectivity index (χ1v) is 19.9. The second-order valence-corrected chi connectivity index (χ2v) is 14.2. The van der Waals surface area contributed by atoms with E-state index in [0.717, 1.165) is 63.5 Å². The van der Waals surface area contributed by atoms with Crippen LogP contribution in [0.25, 0.3) is 28.9 Å². The van der Waals surface area contributed by atoms with Crippen LogP contribution in [0.5, 0.6) is 0 Å². The molecule has 0 saturated carbocycles. The van der Waals surface area contributed by atoms with E-state index in [1.807, 2.05) is 84.9 Å². The molecule has 1 aliphatic carbocycles. The summed E-state index contributed by atoms with van der Waals surface area (Å²) < 4.78 is 0. The van der Waals surface area contributed by atoms with Gasteiger partial charge in [0.2, 0.25) is 0 Å². The standard InChI is InChI=1S/C54H40N4O4/c55-37-45(53(59)60)11-7-9-39-17-29-49(30-18-39)57(47-13-3-1-4-14-47)51-33-25-43(26-34-51)41-21-23-42(24-22-41)44-27-35-52(36-28-44)58(48-15-5-2-6-16-48)50-31-19-40(20-32-50)10-8-12-46(38-56)54(61)62/h1-27,29-35H,28,36H2,(H,59,60)(H,61,62)/b9-7+,10-8+,45-11+,46-12+. The molecule has 0 radical (unpaired) electrons. The zero-order valence-corrected chi connectivity index (χ0v) is 33.5. The van der Waals surface area contributed by atoms with Crippen molar-refractivity contribution < 1.29 is 19.8 Å². The molecule has 0 aromatic heterocycles. The van der Waals surface area contributed by atoms with Crippen molar-refractivity contribution in [1.82, 2.24) is 0 Å². The predicted molar refractivity (Wildman–Crippen MR) is 248 cm³/mol. The summed E-state index contributed by atoms with van der Waals surface area (Å²) in [5.41, 5.74) is 11.9. The molecule has 0 heterocycles. The summed E-state index contributed by atoms with van der Waals surface area (Å²) in [5, 5.41) is 36.2. The fraction of sp³-hybridized carbons (Fsp3) is 0.0370. The third-order valence-electron chi connectivity index (χ3n) is 10.3. The number of carbonyl (C=O) groups is 2. The lowest BCUT2D eigenvalue weighted by atomic mass is 9.93. The fourth-order valence-electron chi connectivity index (χ4n) is 7.11. The molecule has 1 aliphatic rings. The first-order valence-electron chi connectivity index (χ1n) is 19.9. The van der Waals surface area contributed by atoms with E-state index >= 15 is 0 Å². The molecule has 6 aromatic rings. The number of nitrogens with zero attached hydrogens (tertiary/aromatic N) is 4. The second kappa shape index (κ2) is 19.8. The number of rotatable bonds is 14. The number of aliphatic carboxylic acids is 2. The Morgan fingerprint density at radius 2 is 0.855 bits per heavy atom. The summed E-state index contributed by atoms with van der Waals surface area (Å²) in [7, 11) is 0. The Bertz CT molecular complexity index is 2820. The molecule has 0 amide bonds. The second-order valence-electron chi connectivity index (χ2n) is 14.2. The van der Waals surface area contributed by atoms with Crippen molar-refractivity contribution in [2.24, 2.45) is 0 Å². The number of allylic oxidation sites excluding steroid dienone is 8. The zero-order chi connectivity index (χ0) is 43.3. The van der Waals surface area contributed by atoms with Crippen LogP contribution in [-0.4, -0.2) is 22.2 Å². The van der Waals surface area contributed by atoms with Gasteiger partial charge in [-0.05, 0) is 125 Å². The Morgan fingerprint density at radius 3 is 1.27 bits per heavy atom. The minimum atomic E-state index is -1.26. The highest BCUT2D eigenvalue weighted by atomic mass is 16.4. The maximum atomic E-state index is 11.1. The van der Waals surface area contributed by atoms with Crippen LogP contribution in [0.4, 0.5) is 28.4 Å². The number of benzene rings is 6. The average molecular weight is 809 g/mol. The fourth-order valence-corrected chi connectivity index (χ4v) is 7.11. The molecule has 0 bridgehead atoms. The molecule has 0 unspecified atom stereocenters. The van der Waals surface area contributed by atoms with Gasteiger partial charge in [0, 0.05) is 34.1 Å². The van der Waals surface area contributed by atoms with Gasteiger partial charge >= 0.3 is 11.9 Å². The van der Waals surface area contributed by atoms with E-state index in [4.69, 9.17) is 20.7 Å². The third kappa shape index (κ3) is 10.1. The molecule has 2 N–H and O–H groups in total. The number of carboxylic acids is 2. The zero-order valence-electron chi connectivity index (χ0n) is 33.5. The maximum Gasteiger partial charge on any atom is 0.346 e. The molecule has 0 saturated heterocycles. The van der Waals surface area contributed by atoms with Crippen LogP contribution in [0.2, 0.25) is 0 Å². The van der Waals surface area contributed by atoms with Crippen molar-refractivity contribution in [1.29, 1.82) is 10.5 Å². The van der Waals surface area contributed by atoms with Gasteiger partial charge in [-0.2, -0.15) is 10.5 Å². The highest BCUT2D eigenvalue weighted by Gasteiger charge is 2.18. The number of para-hydroxylation sites is 2. The van der Waals surface area contributed by atoms with E-state index in [2.05, 4.69) is 94.7 Å². The largest absolute Gasteiger partial charge is 0.477 e. The lowest BCUT2D eigenvalue weighted by Gasteiger charge is -2.30. The smallest absolute Gasteiger partial charge is 0.346 e. The van der Waals surface area contributed by atoms with Crippen molar-refractivity contribution >= 4 is 58.1 Å². The van der Waals surface area contributed by atoms with Crippen LogP contribution in [-0.2, 0) is 9.59 Å². The van der Waals surface area contributed by atoms with Gasteiger partial charge in [0.15, 0.2) is 0 Å². The minimum absolute atomic E-state index is 0.320. The Kier molecular flexibility index (Phi) is 13.2. The van der Waals surface area contributed by atoms with Gasteiger partial charge in [0.05, 0.1) is 0 Å². The average Bonchev–Trinajstić information content (AvgIpc) is 3.31. The van der Waals surface area contributed by atoms with Crippen LogP contribution >= 0.6 is 0 Å². The molecule has 8 nitrogen and oxygen atoms in total. The Labute approximate surface area is 360 Å². The molecule has 0 fully saturated rings. The number of anilines is 5. The van der Waals surface area contributed by atoms with Gasteiger partial charge in [-0.15, -0.1) is 0 Å². The highest BCUT2D eigenvalue weighted by molar-refractivity contribution is 5.92. The lowest BCUT2D eigenvalue weighted by molar-refractivity contribution is -0.133. The summed E-state index contributed by atoms with van der Waals surface area (Å²) in [6, 6.07) is 56.9. The van der Waals surface area contributed by atoms with E-state index in [-0.39, 0.29) is 11.1 Å². The van der Waals surface area contributed by atoms with Crippen LogP contribution in [0.1, 0.15) is 29.5 Å². The van der Waals surface area contributed by atoms with E-state index < -0.39 is 11.9 Å². The molecule has 6 aromatic carbocycles. The first kappa shape index (κ1) is 41.4. The van der Waals surface area contributed by atoms with E-state index in [1.54, 1.807) is 36.4 Å². The van der Waals surface area contributed by atoms with Crippen LogP contribution < -0.4 is 9.80 Å². The molecule has 62 heavy (non-hydrogen) atoms. The van der Waals surface area contributed by atoms with Crippen LogP contribution in [0.15, 0.2) is 211 Å². The predicted octanol–water partition coefficient (Wildman–Crippen LogP) is 12.8. The summed E-state index contributed by atoms with van der Waals surface area (Å²) in [5.74, 6) is -2.51. The van der Waals surface area contributed by atoms with Crippen molar-refractivity contribution in [3.63, 3.8) is 0 Å². The van der Waals surface area contributed by atoms with Crippen LogP contribution in [0.3, 0.4) is 0 Å². The topological polar surface area (TPSA) is 129 Å². The molecule has 0 atom stereocenters. The molecule has 300 valence electrons. The molecule has 8 heteroatoms. The number of carboxylic acid groups (broad SMARTS) is 2. The third-order valence-corrected chi connectivity index (χ3v) is 10.3. The number of hydrogen-bond donors (Lipinski definition) is 2. The van der Waals surface area contributed by atoms with Gasteiger partial charge in [-0.1, -0.05) is 127 Å². The highest BCUT2D eigenvalue weighted by Crippen LogP contribution is 2.38. The molecular formula is C54H40N4O4. The van der Waals surface area contributed by atoms with Crippen molar-refractivity contribution in [2.75, 3.05) is 9.80 Å². The lowest BCUT2D eigenvalue weighted by Crippen LogP contribution is -2.17. The van der Waals surface area contributed by atoms with E-state index in [0.29, 0.717) is 0 Å². The summed E-state index contributed by atoms with van der Waals surface area (Å²) in [4.78, 5) is 26.7. The van der Waals surface area contributed by atoms with Crippen LogP contribution in [0, 0.1) is 22.7 Å². The van der Waals surface area contributed by atoms with E-state index in [1.165, 1.54) is 29.0 Å². The molecular weight excluding hydrogens is 769 g/mol. The number of nitriles is 2. The van der Waals surface area contributed by atoms with Gasteiger partial charge < -0.3 is 20.0 Å². The summed E-state index contributed by atoms with van der Waals surface area (Å²) in [6.45, 7) is 0. The molecule has 0 spiro atoms. The molecule has 0 aliphatic heterocycles. The normalized spacial score (nSPS) is 12.9. The SMILES string of the molecule is N#C/C(=C\C=C\c1ccc(N(C2=CC=C(c3ccc(-c4ccc(N(c5ccccc5)c5ccc(/C=C/C=C(\C#N)C(=O)O)cc5)cc4)cc3)CC2)c2ccccc2)cc1)C(=O)O. The Balaban J connectivity index is 1.07. The first-order chi connectivity index (χ1) is 30.3. The summed E-state index contributed by atoms with van der Waals surface area (Å²) in [6.07, 6.45) is 15.4. The van der Waals surface area contributed by atoms with Gasteiger partial charge in [0.25, 0.3) is 0 Å². The van der Waals surface area contributed by atoms with E-state index in [9.17, 15) is 9.59 Å². The molecule has 7 rings (SSSR count). The quantitative estimate of drug-likeness (QED) is 0.0632. The van der Waals surface area contributed by atoms with Gasteiger partial charge in [0.1, 0.15) is 23.3 Å². The minimum Gasteiger partial charge on any atom is -0.477 e. The number of hydrogen-bond acceptors (Lipinski definition) is 6. The van der Waals surface area contributed by atoms with Gasteiger partial charge in [-0.25, -0.2) is 9.59 Å². The van der Waals surface area contributed by atoms with Gasteiger partial charge in [-0.3, -0.25) is 0 Å².